The van der Waals surface area contributed by atoms with E-state index in [1.807, 2.05) is 6.92 Å². The standard InChI is InChI=1S/C18H26F2O/c1-4-12-21-15-7-6-14(16(19)17(15)20)13-8-10-18(3,5-2)11-9-13/h6-7,13H,4-5,8-12H2,1-3H3. The number of benzene rings is 1. The van der Waals surface area contributed by atoms with Crippen molar-refractivity contribution in [3.05, 3.63) is 29.3 Å². The Hall–Kier alpha value is -1.12. The van der Waals surface area contributed by atoms with E-state index in [1.54, 1.807) is 12.1 Å². The molecule has 0 saturated heterocycles. The zero-order valence-corrected chi connectivity index (χ0v) is 13.3. The van der Waals surface area contributed by atoms with Gasteiger partial charge in [0, 0.05) is 0 Å². The fraction of sp³-hybridized carbons (Fsp3) is 0.667. The molecule has 0 aliphatic heterocycles. The molecule has 21 heavy (non-hydrogen) atoms. The summed E-state index contributed by atoms with van der Waals surface area (Å²) in [7, 11) is 0. The van der Waals surface area contributed by atoms with Crippen molar-refractivity contribution >= 4 is 0 Å². The maximum absolute atomic E-state index is 14.3. The van der Waals surface area contributed by atoms with Crippen LogP contribution in [0.15, 0.2) is 12.1 Å². The largest absolute Gasteiger partial charge is 0.490 e. The maximum atomic E-state index is 14.3. The van der Waals surface area contributed by atoms with Crippen molar-refractivity contribution in [1.82, 2.24) is 0 Å². The van der Waals surface area contributed by atoms with Gasteiger partial charge in [-0.1, -0.05) is 33.3 Å². The van der Waals surface area contributed by atoms with E-state index in [-0.39, 0.29) is 11.7 Å². The van der Waals surface area contributed by atoms with Gasteiger partial charge in [-0.25, -0.2) is 4.39 Å². The van der Waals surface area contributed by atoms with E-state index in [1.165, 1.54) is 0 Å². The summed E-state index contributed by atoms with van der Waals surface area (Å²) in [6, 6.07) is 3.29. The van der Waals surface area contributed by atoms with Crippen LogP contribution in [0.1, 0.15) is 70.8 Å². The highest BCUT2D eigenvalue weighted by atomic mass is 19.2. The highest BCUT2D eigenvalue weighted by molar-refractivity contribution is 5.33. The zero-order chi connectivity index (χ0) is 15.5. The van der Waals surface area contributed by atoms with Crippen LogP contribution in [0.2, 0.25) is 0 Å². The first-order valence-corrected chi connectivity index (χ1v) is 8.11. The number of hydrogen-bond donors (Lipinski definition) is 0. The van der Waals surface area contributed by atoms with Crippen molar-refractivity contribution in [3.8, 4) is 5.75 Å². The smallest absolute Gasteiger partial charge is 0.200 e. The Morgan fingerprint density at radius 1 is 1.14 bits per heavy atom. The first kappa shape index (κ1) is 16.3. The van der Waals surface area contributed by atoms with Gasteiger partial charge in [-0.05, 0) is 55.1 Å². The van der Waals surface area contributed by atoms with Crippen LogP contribution in [0.5, 0.6) is 5.75 Å². The number of halogens is 2. The molecule has 0 unspecified atom stereocenters. The molecule has 0 bridgehead atoms. The summed E-state index contributed by atoms with van der Waals surface area (Å²) in [4.78, 5) is 0. The van der Waals surface area contributed by atoms with Gasteiger partial charge in [0.1, 0.15) is 0 Å². The third-order valence-electron chi connectivity index (χ3n) is 5.02. The molecule has 1 nitrogen and oxygen atoms in total. The lowest BCUT2D eigenvalue weighted by molar-refractivity contribution is 0.189. The molecule has 1 aromatic carbocycles. The van der Waals surface area contributed by atoms with E-state index in [4.69, 9.17) is 4.74 Å². The minimum Gasteiger partial charge on any atom is -0.490 e. The third kappa shape index (κ3) is 3.56. The van der Waals surface area contributed by atoms with Crippen molar-refractivity contribution in [2.45, 2.75) is 65.2 Å². The Bertz CT molecular complexity index is 476. The van der Waals surface area contributed by atoms with Gasteiger partial charge < -0.3 is 4.74 Å². The van der Waals surface area contributed by atoms with Gasteiger partial charge in [0.25, 0.3) is 0 Å². The van der Waals surface area contributed by atoms with Gasteiger partial charge in [-0.3, -0.25) is 0 Å². The maximum Gasteiger partial charge on any atom is 0.200 e. The zero-order valence-electron chi connectivity index (χ0n) is 13.3. The highest BCUT2D eigenvalue weighted by Crippen LogP contribution is 2.45. The predicted octanol–water partition coefficient (Wildman–Crippen LogP) is 5.83. The Balaban J connectivity index is 2.13. The second-order valence-electron chi connectivity index (χ2n) is 6.57. The summed E-state index contributed by atoms with van der Waals surface area (Å²) in [5.41, 5.74) is 0.893. The molecular formula is C18H26F2O. The molecule has 1 fully saturated rings. The van der Waals surface area contributed by atoms with E-state index in [0.29, 0.717) is 17.6 Å². The molecule has 118 valence electrons. The molecule has 1 aliphatic rings. The Labute approximate surface area is 126 Å². The summed E-state index contributed by atoms with van der Waals surface area (Å²) < 4.78 is 33.6. The number of hydrogen-bond acceptors (Lipinski definition) is 1. The molecule has 0 amide bonds. The summed E-state index contributed by atoms with van der Waals surface area (Å²) in [6.07, 6.45) is 5.99. The van der Waals surface area contributed by atoms with Crippen molar-refractivity contribution in [1.29, 1.82) is 0 Å². The molecule has 0 aromatic heterocycles. The van der Waals surface area contributed by atoms with Crippen molar-refractivity contribution in [2.75, 3.05) is 6.61 Å². The quantitative estimate of drug-likeness (QED) is 0.664. The second-order valence-corrected chi connectivity index (χ2v) is 6.57. The molecule has 0 atom stereocenters. The van der Waals surface area contributed by atoms with E-state index >= 15 is 0 Å². The normalized spacial score (nSPS) is 25.9. The van der Waals surface area contributed by atoms with Crippen LogP contribution in [0, 0.1) is 17.0 Å². The van der Waals surface area contributed by atoms with Crippen LogP contribution >= 0.6 is 0 Å². The SMILES string of the molecule is CCCOc1ccc(C2CCC(C)(CC)CC2)c(F)c1F. The third-order valence-corrected chi connectivity index (χ3v) is 5.02. The molecular weight excluding hydrogens is 270 g/mol. The highest BCUT2D eigenvalue weighted by Gasteiger charge is 2.32. The summed E-state index contributed by atoms with van der Waals surface area (Å²) >= 11 is 0. The minimum absolute atomic E-state index is 0.0345. The number of ether oxygens (including phenoxy) is 1. The van der Waals surface area contributed by atoms with Gasteiger partial charge in [0.05, 0.1) is 6.61 Å². The van der Waals surface area contributed by atoms with E-state index in [9.17, 15) is 8.78 Å². The first-order valence-electron chi connectivity index (χ1n) is 8.11. The fourth-order valence-corrected chi connectivity index (χ4v) is 3.16. The monoisotopic (exact) mass is 296 g/mol. The van der Waals surface area contributed by atoms with Gasteiger partial charge in [-0.2, -0.15) is 4.39 Å². The van der Waals surface area contributed by atoms with E-state index in [0.717, 1.165) is 38.5 Å². The minimum atomic E-state index is -0.829. The van der Waals surface area contributed by atoms with Gasteiger partial charge in [-0.15, -0.1) is 0 Å². The molecule has 3 heteroatoms. The van der Waals surface area contributed by atoms with E-state index in [2.05, 4.69) is 13.8 Å². The first-order chi connectivity index (χ1) is 10.0. The topological polar surface area (TPSA) is 9.23 Å². The predicted molar refractivity (Wildman–Crippen MR) is 81.8 cm³/mol. The Morgan fingerprint density at radius 3 is 2.38 bits per heavy atom. The molecule has 0 N–H and O–H groups in total. The lowest BCUT2D eigenvalue weighted by atomic mass is 9.69. The van der Waals surface area contributed by atoms with Crippen LogP contribution in [0.4, 0.5) is 8.78 Å². The number of rotatable bonds is 5. The molecule has 1 saturated carbocycles. The molecule has 1 aromatic rings. The van der Waals surface area contributed by atoms with Crippen LogP contribution in [-0.2, 0) is 0 Å². The van der Waals surface area contributed by atoms with Gasteiger partial charge in [0.2, 0.25) is 5.82 Å². The van der Waals surface area contributed by atoms with Crippen LogP contribution < -0.4 is 4.74 Å². The van der Waals surface area contributed by atoms with E-state index < -0.39 is 11.6 Å². The van der Waals surface area contributed by atoms with Crippen molar-refractivity contribution < 1.29 is 13.5 Å². The average molecular weight is 296 g/mol. The van der Waals surface area contributed by atoms with Crippen molar-refractivity contribution in [2.24, 2.45) is 5.41 Å². The van der Waals surface area contributed by atoms with Crippen LogP contribution in [-0.4, -0.2) is 6.61 Å². The summed E-state index contributed by atoms with van der Waals surface area (Å²) in [6.45, 7) is 6.85. The van der Waals surface area contributed by atoms with Crippen molar-refractivity contribution in [3.63, 3.8) is 0 Å². The van der Waals surface area contributed by atoms with Crippen LogP contribution in [0.3, 0.4) is 0 Å². The van der Waals surface area contributed by atoms with Crippen LogP contribution in [0.25, 0.3) is 0 Å². The lowest BCUT2D eigenvalue weighted by Gasteiger charge is -2.37. The average Bonchev–Trinajstić information content (AvgIpc) is 2.50. The second kappa shape index (κ2) is 6.76. The molecule has 1 aliphatic carbocycles. The lowest BCUT2D eigenvalue weighted by Crippen LogP contribution is -2.23. The Kier molecular flexibility index (Phi) is 5.23. The summed E-state index contributed by atoms with van der Waals surface area (Å²) in [5, 5.41) is 0. The molecule has 2 rings (SSSR count). The van der Waals surface area contributed by atoms with Gasteiger partial charge >= 0.3 is 0 Å². The molecule has 0 spiro atoms. The van der Waals surface area contributed by atoms with Gasteiger partial charge in [0.15, 0.2) is 11.6 Å². The molecule has 0 radical (unpaired) electrons. The molecule has 0 heterocycles. The summed E-state index contributed by atoms with van der Waals surface area (Å²) in [5.74, 6) is -1.37. The fourth-order valence-electron chi connectivity index (χ4n) is 3.16. The Morgan fingerprint density at radius 2 is 1.81 bits per heavy atom.